The first kappa shape index (κ1) is 16.6. The molecule has 1 fully saturated rings. The lowest BCUT2D eigenvalue weighted by Gasteiger charge is -2.31. The van der Waals surface area contributed by atoms with Crippen LogP contribution in [0.4, 0.5) is 0 Å². The zero-order valence-electron chi connectivity index (χ0n) is 14.3. The van der Waals surface area contributed by atoms with E-state index in [1.807, 2.05) is 6.20 Å². The molecule has 1 aliphatic rings. The Hall–Kier alpha value is -2.21. The Bertz CT molecular complexity index is 645. The van der Waals surface area contributed by atoms with Gasteiger partial charge in [0.05, 0.1) is 18.1 Å². The highest BCUT2D eigenvalue weighted by Crippen LogP contribution is 2.22. The molecule has 1 aromatic carbocycles. The maximum Gasteiger partial charge on any atom is 0.217 e. The molecule has 2 N–H and O–H groups in total. The van der Waals surface area contributed by atoms with Crippen LogP contribution in [0.5, 0.6) is 0 Å². The van der Waals surface area contributed by atoms with Crippen LogP contribution in [0.1, 0.15) is 51.1 Å². The number of nitrogens with one attached hydrogen (secondary N) is 2. The van der Waals surface area contributed by atoms with Crippen LogP contribution in [0.3, 0.4) is 0 Å². The fraction of sp³-hybridized carbons (Fsp3) is 0.500. The van der Waals surface area contributed by atoms with Crippen LogP contribution in [0.15, 0.2) is 36.7 Å². The second-order valence-corrected chi connectivity index (χ2v) is 6.58. The number of carbonyl (C=O) groups is 1. The molecule has 0 spiro atoms. The van der Waals surface area contributed by atoms with Crippen LogP contribution in [0.25, 0.3) is 5.69 Å². The second kappa shape index (κ2) is 7.57. The molecular weight excluding hydrogens is 302 g/mol. The molecule has 0 radical (unpaired) electrons. The maximum absolute atomic E-state index is 11.1. The van der Waals surface area contributed by atoms with Gasteiger partial charge in [0, 0.05) is 25.0 Å². The van der Waals surface area contributed by atoms with Crippen molar-refractivity contribution in [3.63, 3.8) is 0 Å². The van der Waals surface area contributed by atoms with E-state index in [0.29, 0.717) is 18.1 Å². The van der Waals surface area contributed by atoms with E-state index in [2.05, 4.69) is 52.1 Å². The molecule has 6 heteroatoms. The van der Waals surface area contributed by atoms with Gasteiger partial charge < -0.3 is 10.6 Å². The molecule has 0 saturated heterocycles. The standard InChI is InChI=1S/C18H25N5O/c1-13(20-16-5-7-17(8-6-16)21-14(2)24)15-3-9-18(10-4-15)23-12-11-19-22-23/h3-4,9-13,16-17,20H,5-8H2,1-2H3,(H,21,24). The molecule has 128 valence electrons. The summed E-state index contributed by atoms with van der Waals surface area (Å²) in [6, 6.07) is 9.57. The van der Waals surface area contributed by atoms with Crippen molar-refractivity contribution >= 4 is 5.91 Å². The van der Waals surface area contributed by atoms with E-state index in [4.69, 9.17) is 0 Å². The lowest BCUT2D eigenvalue weighted by atomic mass is 9.90. The zero-order chi connectivity index (χ0) is 16.9. The number of hydrogen-bond acceptors (Lipinski definition) is 4. The molecule has 1 atom stereocenters. The van der Waals surface area contributed by atoms with E-state index >= 15 is 0 Å². The lowest BCUT2D eigenvalue weighted by molar-refractivity contribution is -0.119. The van der Waals surface area contributed by atoms with Gasteiger partial charge in [-0.2, -0.15) is 0 Å². The highest BCUT2D eigenvalue weighted by molar-refractivity contribution is 5.73. The van der Waals surface area contributed by atoms with E-state index in [1.165, 1.54) is 5.56 Å². The van der Waals surface area contributed by atoms with Crippen molar-refractivity contribution in [2.24, 2.45) is 0 Å². The van der Waals surface area contributed by atoms with Gasteiger partial charge in [-0.1, -0.05) is 17.3 Å². The molecule has 1 aromatic heterocycles. The number of amides is 1. The molecule has 1 aliphatic carbocycles. The molecule has 6 nitrogen and oxygen atoms in total. The van der Waals surface area contributed by atoms with Crippen molar-refractivity contribution in [1.29, 1.82) is 0 Å². The number of benzene rings is 1. The summed E-state index contributed by atoms with van der Waals surface area (Å²) < 4.78 is 1.76. The third kappa shape index (κ3) is 4.20. The van der Waals surface area contributed by atoms with Gasteiger partial charge in [-0.25, -0.2) is 4.68 Å². The predicted octanol–water partition coefficient (Wildman–Crippen LogP) is 2.37. The first-order chi connectivity index (χ1) is 11.6. The Morgan fingerprint density at radius 2 is 1.83 bits per heavy atom. The first-order valence-corrected chi connectivity index (χ1v) is 8.61. The van der Waals surface area contributed by atoms with Crippen LogP contribution in [-0.2, 0) is 4.79 Å². The lowest BCUT2D eigenvalue weighted by Crippen LogP contribution is -2.42. The molecular formula is C18H25N5O. The van der Waals surface area contributed by atoms with Gasteiger partial charge in [0.2, 0.25) is 5.91 Å². The monoisotopic (exact) mass is 327 g/mol. The Labute approximate surface area is 142 Å². The summed E-state index contributed by atoms with van der Waals surface area (Å²) in [6.45, 7) is 3.79. The van der Waals surface area contributed by atoms with Crippen molar-refractivity contribution in [1.82, 2.24) is 25.6 Å². The van der Waals surface area contributed by atoms with Crippen LogP contribution in [0, 0.1) is 0 Å². The Morgan fingerprint density at radius 1 is 1.17 bits per heavy atom. The third-order valence-electron chi connectivity index (χ3n) is 4.70. The molecule has 1 saturated carbocycles. The molecule has 0 aliphatic heterocycles. The molecule has 1 amide bonds. The molecule has 0 bridgehead atoms. The van der Waals surface area contributed by atoms with Crippen LogP contribution in [0.2, 0.25) is 0 Å². The first-order valence-electron chi connectivity index (χ1n) is 8.61. The maximum atomic E-state index is 11.1. The van der Waals surface area contributed by atoms with Gasteiger partial charge in [0.15, 0.2) is 0 Å². The van der Waals surface area contributed by atoms with E-state index in [1.54, 1.807) is 17.8 Å². The Morgan fingerprint density at radius 3 is 2.42 bits per heavy atom. The average molecular weight is 327 g/mol. The average Bonchev–Trinajstić information content (AvgIpc) is 3.11. The quantitative estimate of drug-likeness (QED) is 0.884. The summed E-state index contributed by atoms with van der Waals surface area (Å²) >= 11 is 0. The normalized spacial score (nSPS) is 22.1. The van der Waals surface area contributed by atoms with Gasteiger partial charge >= 0.3 is 0 Å². The van der Waals surface area contributed by atoms with Gasteiger partial charge in [0.1, 0.15) is 0 Å². The van der Waals surface area contributed by atoms with Crippen LogP contribution >= 0.6 is 0 Å². The smallest absolute Gasteiger partial charge is 0.217 e. The molecule has 24 heavy (non-hydrogen) atoms. The number of rotatable bonds is 5. The van der Waals surface area contributed by atoms with Gasteiger partial charge in [-0.05, 0) is 50.3 Å². The van der Waals surface area contributed by atoms with Crippen molar-refractivity contribution in [3.8, 4) is 5.69 Å². The predicted molar refractivity (Wildman–Crippen MR) is 92.8 cm³/mol. The highest BCUT2D eigenvalue weighted by atomic mass is 16.1. The molecule has 3 rings (SSSR count). The summed E-state index contributed by atoms with van der Waals surface area (Å²) in [7, 11) is 0. The van der Waals surface area contributed by atoms with Gasteiger partial charge in [-0.3, -0.25) is 4.79 Å². The summed E-state index contributed by atoms with van der Waals surface area (Å²) in [5.41, 5.74) is 2.28. The number of hydrogen-bond donors (Lipinski definition) is 2. The zero-order valence-corrected chi connectivity index (χ0v) is 14.3. The SMILES string of the molecule is CC(=O)NC1CCC(NC(C)c2ccc(-n3ccnn3)cc2)CC1. The van der Waals surface area contributed by atoms with E-state index in [9.17, 15) is 4.79 Å². The number of aromatic nitrogens is 3. The number of carbonyl (C=O) groups excluding carboxylic acids is 1. The molecule has 1 unspecified atom stereocenters. The summed E-state index contributed by atoms with van der Waals surface area (Å²) in [4.78, 5) is 11.1. The van der Waals surface area contributed by atoms with Crippen molar-refractivity contribution < 1.29 is 4.79 Å². The highest BCUT2D eigenvalue weighted by Gasteiger charge is 2.22. The van der Waals surface area contributed by atoms with Crippen molar-refractivity contribution in [2.75, 3.05) is 0 Å². The largest absolute Gasteiger partial charge is 0.354 e. The fourth-order valence-electron chi connectivity index (χ4n) is 3.40. The topological polar surface area (TPSA) is 71.8 Å². The van der Waals surface area contributed by atoms with Crippen molar-refractivity contribution in [3.05, 3.63) is 42.2 Å². The van der Waals surface area contributed by atoms with E-state index in [-0.39, 0.29) is 5.91 Å². The van der Waals surface area contributed by atoms with Crippen LogP contribution < -0.4 is 10.6 Å². The summed E-state index contributed by atoms with van der Waals surface area (Å²) in [5, 5.41) is 14.6. The molecule has 1 heterocycles. The van der Waals surface area contributed by atoms with Crippen molar-refractivity contribution in [2.45, 2.75) is 57.7 Å². The minimum absolute atomic E-state index is 0.0762. The summed E-state index contributed by atoms with van der Waals surface area (Å²) in [6.07, 6.45) is 7.82. The van der Waals surface area contributed by atoms with Crippen LogP contribution in [-0.4, -0.2) is 33.0 Å². The van der Waals surface area contributed by atoms with Gasteiger partial charge in [0.25, 0.3) is 0 Å². The van der Waals surface area contributed by atoms with E-state index in [0.717, 1.165) is 31.4 Å². The minimum Gasteiger partial charge on any atom is -0.354 e. The second-order valence-electron chi connectivity index (χ2n) is 6.58. The minimum atomic E-state index is 0.0762. The third-order valence-corrected chi connectivity index (χ3v) is 4.70. The summed E-state index contributed by atoms with van der Waals surface area (Å²) in [5.74, 6) is 0.0762. The van der Waals surface area contributed by atoms with Gasteiger partial charge in [-0.15, -0.1) is 5.10 Å². The van der Waals surface area contributed by atoms with E-state index < -0.39 is 0 Å². The number of nitrogens with zero attached hydrogens (tertiary/aromatic N) is 3. The Kier molecular flexibility index (Phi) is 5.25. The molecule has 2 aromatic rings. The fourth-order valence-corrected chi connectivity index (χ4v) is 3.40. The Balaban J connectivity index is 1.52.